The van der Waals surface area contributed by atoms with Crippen molar-refractivity contribution in [1.82, 2.24) is 10.2 Å². The van der Waals surface area contributed by atoms with Crippen molar-refractivity contribution in [2.45, 2.75) is 41.7 Å². The van der Waals surface area contributed by atoms with Crippen LogP contribution in [0.15, 0.2) is 59.5 Å². The van der Waals surface area contributed by atoms with Crippen LogP contribution in [0.2, 0.25) is 0 Å². The lowest BCUT2D eigenvalue weighted by Crippen LogP contribution is -2.54. The van der Waals surface area contributed by atoms with Crippen LogP contribution < -0.4 is 10.2 Å². The van der Waals surface area contributed by atoms with Crippen LogP contribution in [0.4, 0.5) is 10.5 Å². The fourth-order valence-corrected chi connectivity index (χ4v) is 5.59. The second kappa shape index (κ2) is 7.39. The maximum atomic E-state index is 12.8. The lowest BCUT2D eigenvalue weighted by Gasteiger charge is -2.48. The molecule has 1 aliphatic heterocycles. The topological polar surface area (TPSA) is 69.7 Å². The minimum absolute atomic E-state index is 0.0260. The van der Waals surface area contributed by atoms with Gasteiger partial charge in [-0.25, -0.2) is 13.2 Å². The van der Waals surface area contributed by atoms with Gasteiger partial charge in [0.15, 0.2) is 9.84 Å². The van der Waals surface area contributed by atoms with E-state index in [0.29, 0.717) is 6.54 Å². The van der Waals surface area contributed by atoms with Gasteiger partial charge in [-0.05, 0) is 69.6 Å². The smallest absolute Gasteiger partial charge is 0.322 e. The van der Waals surface area contributed by atoms with E-state index in [9.17, 15) is 13.2 Å². The highest BCUT2D eigenvalue weighted by Crippen LogP contribution is 2.46. The van der Waals surface area contributed by atoms with Crippen molar-refractivity contribution >= 4 is 21.6 Å². The number of sulfone groups is 1. The molecule has 0 atom stereocenters. The number of anilines is 1. The zero-order valence-corrected chi connectivity index (χ0v) is 18.6. The molecule has 0 radical (unpaired) electrons. The number of nitrogens with one attached hydrogen (secondary N) is 1. The normalized spacial score (nSPS) is 26.9. The second-order valence-electron chi connectivity index (χ2n) is 8.85. The van der Waals surface area contributed by atoms with Gasteiger partial charge in [0.2, 0.25) is 0 Å². The van der Waals surface area contributed by atoms with Gasteiger partial charge in [-0.15, -0.1) is 0 Å². The first kappa shape index (κ1) is 20.9. The van der Waals surface area contributed by atoms with E-state index in [4.69, 9.17) is 0 Å². The van der Waals surface area contributed by atoms with Crippen molar-refractivity contribution in [2.75, 3.05) is 31.8 Å². The van der Waals surface area contributed by atoms with Crippen molar-refractivity contribution in [2.24, 2.45) is 0 Å². The standard InChI is InChI=1S/C23H29N3O3S/c1-25(2)23(18-7-5-4-6-8-18)15-13-22(14-16-23)17-26(21(27)24-22)19-9-11-20(12-10-19)30(3,28)29/h4-12H,13-17H2,1-3H3,(H,24,27)/t22-,23+. The molecule has 2 fully saturated rings. The molecule has 0 aromatic heterocycles. The molecule has 1 aliphatic carbocycles. The summed E-state index contributed by atoms with van der Waals surface area (Å²) in [4.78, 5) is 17.1. The highest BCUT2D eigenvalue weighted by atomic mass is 32.2. The summed E-state index contributed by atoms with van der Waals surface area (Å²) < 4.78 is 23.4. The number of hydrogen-bond donors (Lipinski definition) is 1. The van der Waals surface area contributed by atoms with Crippen LogP contribution in [0.25, 0.3) is 0 Å². The molecule has 4 rings (SSSR count). The lowest BCUT2D eigenvalue weighted by atomic mass is 9.69. The van der Waals surface area contributed by atoms with Gasteiger partial charge in [-0.2, -0.15) is 0 Å². The fourth-order valence-electron chi connectivity index (χ4n) is 4.96. The average Bonchev–Trinajstić information content (AvgIpc) is 3.04. The third-order valence-corrected chi connectivity index (χ3v) is 7.98. The Morgan fingerprint density at radius 3 is 2.07 bits per heavy atom. The molecule has 1 heterocycles. The first-order chi connectivity index (χ1) is 14.2. The Bertz CT molecular complexity index is 1030. The molecule has 2 aromatic rings. The predicted octanol–water partition coefficient (Wildman–Crippen LogP) is 3.39. The summed E-state index contributed by atoms with van der Waals surface area (Å²) in [5.41, 5.74) is 1.77. The van der Waals surface area contributed by atoms with Crippen LogP contribution in [0.1, 0.15) is 31.2 Å². The molecule has 2 amide bonds. The maximum Gasteiger partial charge on any atom is 0.322 e. The maximum absolute atomic E-state index is 12.8. The van der Waals surface area contributed by atoms with Gasteiger partial charge < -0.3 is 5.32 Å². The van der Waals surface area contributed by atoms with E-state index < -0.39 is 9.84 Å². The van der Waals surface area contributed by atoms with Crippen LogP contribution >= 0.6 is 0 Å². The molecule has 160 valence electrons. The van der Waals surface area contributed by atoms with Crippen molar-refractivity contribution in [3.05, 3.63) is 60.2 Å². The van der Waals surface area contributed by atoms with Crippen LogP contribution in [-0.4, -0.2) is 51.8 Å². The molecule has 0 bridgehead atoms. The number of hydrogen-bond acceptors (Lipinski definition) is 4. The first-order valence-corrected chi connectivity index (χ1v) is 12.2. The Balaban J connectivity index is 1.53. The summed E-state index contributed by atoms with van der Waals surface area (Å²) in [6.45, 7) is 0.600. The quantitative estimate of drug-likeness (QED) is 0.812. The van der Waals surface area contributed by atoms with E-state index in [1.54, 1.807) is 29.2 Å². The summed E-state index contributed by atoms with van der Waals surface area (Å²) in [7, 11) is 1.01. The largest absolute Gasteiger partial charge is 0.330 e. The molecule has 2 aliphatic rings. The van der Waals surface area contributed by atoms with Crippen LogP contribution in [0.3, 0.4) is 0 Å². The van der Waals surface area contributed by atoms with Crippen molar-refractivity contribution < 1.29 is 13.2 Å². The second-order valence-corrected chi connectivity index (χ2v) is 10.9. The molecule has 30 heavy (non-hydrogen) atoms. The molecule has 1 saturated heterocycles. The minimum atomic E-state index is -3.25. The Hall–Kier alpha value is -2.38. The zero-order valence-electron chi connectivity index (χ0n) is 17.8. The van der Waals surface area contributed by atoms with E-state index >= 15 is 0 Å². The van der Waals surface area contributed by atoms with Crippen molar-refractivity contribution in [3.8, 4) is 0 Å². The number of rotatable bonds is 4. The van der Waals surface area contributed by atoms with Gasteiger partial charge in [0.1, 0.15) is 0 Å². The monoisotopic (exact) mass is 427 g/mol. The van der Waals surface area contributed by atoms with Crippen LogP contribution in [-0.2, 0) is 15.4 Å². The molecule has 2 aromatic carbocycles. The number of carbonyl (C=O) groups is 1. The van der Waals surface area contributed by atoms with E-state index in [1.807, 2.05) is 6.07 Å². The summed E-state index contributed by atoms with van der Waals surface area (Å²) >= 11 is 0. The van der Waals surface area contributed by atoms with Gasteiger partial charge in [0.25, 0.3) is 0 Å². The number of urea groups is 1. The van der Waals surface area contributed by atoms with Crippen molar-refractivity contribution in [1.29, 1.82) is 0 Å². The minimum Gasteiger partial charge on any atom is -0.330 e. The van der Waals surface area contributed by atoms with Gasteiger partial charge in [0.05, 0.1) is 17.0 Å². The SMILES string of the molecule is CN(C)[C@]1(c2ccccc2)CC[C@]2(CC1)CN(c1ccc(S(C)(=O)=O)cc1)C(=O)N2. The predicted molar refractivity (Wildman–Crippen MR) is 118 cm³/mol. The molecule has 1 spiro atoms. The molecule has 6 nitrogen and oxygen atoms in total. The van der Waals surface area contributed by atoms with E-state index in [1.165, 1.54) is 11.8 Å². The van der Waals surface area contributed by atoms with Gasteiger partial charge in [-0.1, -0.05) is 30.3 Å². The number of nitrogens with zero attached hydrogens (tertiary/aromatic N) is 2. The van der Waals surface area contributed by atoms with E-state index in [0.717, 1.165) is 31.4 Å². The van der Waals surface area contributed by atoms with Crippen LogP contribution in [0.5, 0.6) is 0 Å². The molecule has 0 unspecified atom stereocenters. The number of benzene rings is 2. The van der Waals surface area contributed by atoms with Gasteiger partial charge in [-0.3, -0.25) is 9.80 Å². The molecule has 7 heteroatoms. The first-order valence-electron chi connectivity index (χ1n) is 10.3. The summed E-state index contributed by atoms with van der Waals surface area (Å²) in [5.74, 6) is 0. The summed E-state index contributed by atoms with van der Waals surface area (Å²) in [6, 6.07) is 17.1. The third kappa shape index (κ3) is 3.61. The molecule has 1 saturated carbocycles. The summed E-state index contributed by atoms with van der Waals surface area (Å²) in [5, 5.41) is 3.24. The number of amides is 2. The van der Waals surface area contributed by atoms with Crippen molar-refractivity contribution in [3.63, 3.8) is 0 Å². The van der Waals surface area contributed by atoms with E-state index in [2.05, 4.69) is 48.6 Å². The fraction of sp³-hybridized carbons (Fsp3) is 0.435. The summed E-state index contributed by atoms with van der Waals surface area (Å²) in [6.07, 6.45) is 4.90. The Kier molecular flexibility index (Phi) is 5.14. The highest BCUT2D eigenvalue weighted by molar-refractivity contribution is 7.90. The Morgan fingerprint density at radius 2 is 1.53 bits per heavy atom. The Labute approximate surface area is 178 Å². The molecular formula is C23H29N3O3S. The molecule has 1 N–H and O–H groups in total. The van der Waals surface area contributed by atoms with Gasteiger partial charge >= 0.3 is 6.03 Å². The van der Waals surface area contributed by atoms with E-state index in [-0.39, 0.29) is 22.0 Å². The Morgan fingerprint density at radius 1 is 0.933 bits per heavy atom. The highest BCUT2D eigenvalue weighted by Gasteiger charge is 2.50. The molecular weight excluding hydrogens is 398 g/mol. The lowest BCUT2D eigenvalue weighted by molar-refractivity contribution is 0.0658. The third-order valence-electron chi connectivity index (χ3n) is 6.86. The number of carbonyl (C=O) groups excluding carboxylic acids is 1. The zero-order chi connectivity index (χ0) is 21.6. The van der Waals surface area contributed by atoms with Crippen LogP contribution in [0, 0.1) is 0 Å². The van der Waals surface area contributed by atoms with Gasteiger partial charge in [0, 0.05) is 17.5 Å². The average molecular weight is 428 g/mol.